The van der Waals surface area contributed by atoms with E-state index in [1.165, 1.54) is 11.8 Å². The number of nitrogens with zero attached hydrogens (tertiary/aromatic N) is 4. The van der Waals surface area contributed by atoms with Gasteiger partial charge in [-0.25, -0.2) is 0 Å². The first kappa shape index (κ1) is 20.1. The van der Waals surface area contributed by atoms with Gasteiger partial charge in [-0.15, -0.1) is 16.8 Å². The molecule has 0 aliphatic heterocycles. The molecule has 0 bridgehead atoms. The molecule has 0 N–H and O–H groups in total. The molecule has 152 valence electrons. The van der Waals surface area contributed by atoms with E-state index in [-0.39, 0.29) is 16.6 Å². The Morgan fingerprint density at radius 2 is 1.97 bits per heavy atom. The number of allylic oxidation sites excluding steroid dienone is 1. The topological polar surface area (TPSA) is 69.3 Å². The number of ketones is 1. The minimum absolute atomic E-state index is 0.0432. The maximum Gasteiger partial charge on any atom is 0.263 e. The van der Waals surface area contributed by atoms with Crippen LogP contribution in [0.15, 0.2) is 65.1 Å². The molecule has 2 aromatic heterocycles. The number of hydrogen-bond donors (Lipinski definition) is 0. The van der Waals surface area contributed by atoms with Crippen LogP contribution in [-0.2, 0) is 6.54 Å². The molecule has 6 nitrogen and oxygen atoms in total. The molecule has 0 saturated heterocycles. The fourth-order valence-corrected chi connectivity index (χ4v) is 4.46. The quantitative estimate of drug-likeness (QED) is 0.267. The van der Waals surface area contributed by atoms with Gasteiger partial charge in [-0.05, 0) is 44.5 Å². The predicted molar refractivity (Wildman–Crippen MR) is 121 cm³/mol. The fourth-order valence-electron chi connectivity index (χ4n) is 3.54. The summed E-state index contributed by atoms with van der Waals surface area (Å²) in [5.74, 6) is 0.481. The zero-order valence-electron chi connectivity index (χ0n) is 17.1. The van der Waals surface area contributed by atoms with Crippen molar-refractivity contribution in [3.05, 3.63) is 82.2 Å². The highest BCUT2D eigenvalue weighted by molar-refractivity contribution is 8.00. The second-order valence-electron chi connectivity index (χ2n) is 7.28. The van der Waals surface area contributed by atoms with E-state index in [1.807, 2.05) is 61.6 Å². The third kappa shape index (κ3) is 3.35. The van der Waals surface area contributed by atoms with Crippen molar-refractivity contribution in [3.63, 3.8) is 0 Å². The third-order valence-corrected chi connectivity index (χ3v) is 6.14. The molecular formula is C23H22N4O2S. The first-order valence-corrected chi connectivity index (χ1v) is 10.6. The Labute approximate surface area is 178 Å². The van der Waals surface area contributed by atoms with Gasteiger partial charge in [0.1, 0.15) is 0 Å². The van der Waals surface area contributed by atoms with Gasteiger partial charge in [0.05, 0.1) is 16.2 Å². The second kappa shape index (κ2) is 7.91. The molecule has 0 aliphatic carbocycles. The van der Waals surface area contributed by atoms with Crippen molar-refractivity contribution < 1.29 is 4.79 Å². The average Bonchev–Trinajstić information content (AvgIpc) is 3.15. The first-order chi connectivity index (χ1) is 14.4. The SMILES string of the molecule is C=CCn1c(=O)c2ccccc2n2c(SC(C)C(=O)c3cc(C)ccc3C)nnc12. The Bertz CT molecular complexity index is 1350. The van der Waals surface area contributed by atoms with Crippen molar-refractivity contribution in [3.8, 4) is 0 Å². The van der Waals surface area contributed by atoms with Crippen LogP contribution in [0.4, 0.5) is 0 Å². The Morgan fingerprint density at radius 1 is 1.20 bits per heavy atom. The molecule has 4 aromatic rings. The Hall–Kier alpha value is -3.19. The molecule has 4 rings (SSSR count). The molecule has 0 saturated carbocycles. The standard InChI is InChI=1S/C23H22N4O2S/c1-5-12-26-21(29)17-8-6-7-9-19(17)27-22(26)24-25-23(27)30-16(4)20(28)18-13-14(2)10-11-15(18)3/h5-11,13,16H,1,12H2,2-4H3. The molecule has 2 heterocycles. The summed E-state index contributed by atoms with van der Waals surface area (Å²) in [6.07, 6.45) is 1.66. The number of benzene rings is 2. The number of para-hydroxylation sites is 1. The number of carbonyl (C=O) groups excluding carboxylic acids is 1. The summed E-state index contributed by atoms with van der Waals surface area (Å²) < 4.78 is 3.39. The molecular weight excluding hydrogens is 396 g/mol. The maximum absolute atomic E-state index is 13.1. The summed E-state index contributed by atoms with van der Waals surface area (Å²) in [5.41, 5.74) is 3.30. The summed E-state index contributed by atoms with van der Waals surface area (Å²) in [5, 5.41) is 9.36. The smallest absolute Gasteiger partial charge is 0.263 e. The van der Waals surface area contributed by atoms with Crippen molar-refractivity contribution in [2.75, 3.05) is 0 Å². The number of fused-ring (bicyclic) bond motifs is 3. The van der Waals surface area contributed by atoms with Crippen LogP contribution in [0.25, 0.3) is 16.7 Å². The van der Waals surface area contributed by atoms with Crippen LogP contribution in [0.1, 0.15) is 28.4 Å². The Balaban J connectivity index is 1.82. The van der Waals surface area contributed by atoms with Crippen LogP contribution in [0.3, 0.4) is 0 Å². The van der Waals surface area contributed by atoms with Gasteiger partial charge >= 0.3 is 0 Å². The van der Waals surface area contributed by atoms with Gasteiger partial charge < -0.3 is 0 Å². The van der Waals surface area contributed by atoms with Crippen LogP contribution in [0, 0.1) is 13.8 Å². The van der Waals surface area contributed by atoms with E-state index in [4.69, 9.17) is 0 Å². The monoisotopic (exact) mass is 418 g/mol. The number of aryl methyl sites for hydroxylation is 2. The van der Waals surface area contributed by atoms with Crippen LogP contribution in [-0.4, -0.2) is 30.2 Å². The molecule has 0 radical (unpaired) electrons. The van der Waals surface area contributed by atoms with Gasteiger partial charge in [0.25, 0.3) is 5.56 Å². The Kier molecular flexibility index (Phi) is 5.30. The van der Waals surface area contributed by atoms with Crippen LogP contribution >= 0.6 is 11.8 Å². The van der Waals surface area contributed by atoms with Crippen LogP contribution in [0.2, 0.25) is 0 Å². The van der Waals surface area contributed by atoms with Crippen molar-refractivity contribution in [1.29, 1.82) is 0 Å². The highest BCUT2D eigenvalue weighted by atomic mass is 32.2. The highest BCUT2D eigenvalue weighted by Crippen LogP contribution is 2.28. The van der Waals surface area contributed by atoms with E-state index in [9.17, 15) is 9.59 Å². The number of aromatic nitrogens is 4. The molecule has 7 heteroatoms. The molecule has 30 heavy (non-hydrogen) atoms. The number of carbonyl (C=O) groups is 1. The van der Waals surface area contributed by atoms with E-state index >= 15 is 0 Å². The zero-order chi connectivity index (χ0) is 21.4. The average molecular weight is 419 g/mol. The number of thioether (sulfide) groups is 1. The zero-order valence-corrected chi connectivity index (χ0v) is 17.9. The molecule has 2 aromatic carbocycles. The van der Waals surface area contributed by atoms with Gasteiger partial charge in [-0.1, -0.05) is 47.7 Å². The molecule has 1 atom stereocenters. The van der Waals surface area contributed by atoms with E-state index in [0.717, 1.165) is 22.2 Å². The van der Waals surface area contributed by atoms with Crippen molar-refractivity contribution in [2.45, 2.75) is 37.7 Å². The van der Waals surface area contributed by atoms with E-state index < -0.39 is 0 Å². The predicted octanol–water partition coefficient (Wildman–Crippen LogP) is 4.21. The lowest BCUT2D eigenvalue weighted by molar-refractivity contribution is 0.0993. The van der Waals surface area contributed by atoms with Gasteiger partial charge in [-0.2, -0.15) is 0 Å². The molecule has 0 spiro atoms. The van der Waals surface area contributed by atoms with Gasteiger partial charge in [0, 0.05) is 12.1 Å². The summed E-state index contributed by atoms with van der Waals surface area (Å²) >= 11 is 1.34. The molecule has 0 amide bonds. The van der Waals surface area contributed by atoms with E-state index in [0.29, 0.717) is 22.9 Å². The lowest BCUT2D eigenvalue weighted by atomic mass is 10.0. The normalized spacial score (nSPS) is 12.4. The number of hydrogen-bond acceptors (Lipinski definition) is 5. The molecule has 0 aliphatic rings. The largest absolute Gasteiger partial charge is 0.293 e. The van der Waals surface area contributed by atoms with Crippen LogP contribution in [0.5, 0.6) is 0 Å². The lowest BCUT2D eigenvalue weighted by Crippen LogP contribution is -2.23. The second-order valence-corrected chi connectivity index (χ2v) is 8.59. The third-order valence-electron chi connectivity index (χ3n) is 5.10. The number of rotatable bonds is 6. The number of Topliss-reactive ketones (excluding diaryl/α,β-unsaturated/α-hetero) is 1. The summed E-state index contributed by atoms with van der Waals surface area (Å²) in [6.45, 7) is 9.86. The van der Waals surface area contributed by atoms with Crippen molar-refractivity contribution in [2.24, 2.45) is 0 Å². The maximum atomic E-state index is 13.1. The summed E-state index contributed by atoms with van der Waals surface area (Å²) in [6, 6.07) is 13.3. The first-order valence-electron chi connectivity index (χ1n) is 9.68. The summed E-state index contributed by atoms with van der Waals surface area (Å²) in [7, 11) is 0. The molecule has 1 unspecified atom stereocenters. The fraction of sp³-hybridized carbons (Fsp3) is 0.217. The van der Waals surface area contributed by atoms with Crippen LogP contribution < -0.4 is 5.56 Å². The lowest BCUT2D eigenvalue weighted by Gasteiger charge is -2.13. The Morgan fingerprint density at radius 3 is 2.73 bits per heavy atom. The van der Waals surface area contributed by atoms with Crippen molar-refractivity contribution >= 4 is 34.2 Å². The van der Waals surface area contributed by atoms with Crippen molar-refractivity contribution in [1.82, 2.24) is 19.2 Å². The van der Waals surface area contributed by atoms with Gasteiger partial charge in [0.2, 0.25) is 5.78 Å². The minimum atomic E-state index is -0.364. The molecule has 0 fully saturated rings. The van der Waals surface area contributed by atoms with E-state index in [1.54, 1.807) is 16.7 Å². The summed E-state index contributed by atoms with van der Waals surface area (Å²) in [4.78, 5) is 26.0. The highest BCUT2D eigenvalue weighted by Gasteiger charge is 2.23. The minimum Gasteiger partial charge on any atom is -0.293 e. The van der Waals surface area contributed by atoms with Gasteiger partial charge in [0.15, 0.2) is 10.9 Å². The van der Waals surface area contributed by atoms with E-state index in [2.05, 4.69) is 16.8 Å². The van der Waals surface area contributed by atoms with Gasteiger partial charge in [-0.3, -0.25) is 18.6 Å².